The monoisotopic (exact) mass is 253 g/mol. The molecule has 102 valence electrons. The highest BCUT2D eigenvalue weighted by molar-refractivity contribution is 5.18. The van der Waals surface area contributed by atoms with Gasteiger partial charge in [-0.2, -0.15) is 4.98 Å². The fraction of sp³-hybridized carbons (Fsp3) is 0.846. The van der Waals surface area contributed by atoms with Crippen LogP contribution in [0, 0.1) is 5.92 Å². The van der Waals surface area contributed by atoms with Gasteiger partial charge in [-0.3, -0.25) is 0 Å². The molecule has 5 nitrogen and oxygen atoms in total. The highest BCUT2D eigenvalue weighted by atomic mass is 16.5. The number of hydrogen-bond acceptors (Lipinski definition) is 5. The van der Waals surface area contributed by atoms with Gasteiger partial charge in [-0.1, -0.05) is 24.4 Å². The molecule has 5 heteroatoms. The van der Waals surface area contributed by atoms with E-state index in [1.807, 2.05) is 13.8 Å². The van der Waals surface area contributed by atoms with E-state index in [1.165, 1.54) is 32.1 Å². The summed E-state index contributed by atoms with van der Waals surface area (Å²) in [6.45, 7) is 5.49. The standard InChI is InChI=1S/C13H23N3O2/c1-3-14-13-15-12(16-18-13)11(17-4-2)10-8-6-5-7-9-10/h10-11H,3-9H2,1-2H3,(H,14,15,16). The van der Waals surface area contributed by atoms with E-state index in [4.69, 9.17) is 9.26 Å². The van der Waals surface area contributed by atoms with Crippen molar-refractivity contribution in [2.75, 3.05) is 18.5 Å². The molecule has 1 aliphatic carbocycles. The first kappa shape index (κ1) is 13.3. The van der Waals surface area contributed by atoms with Gasteiger partial charge < -0.3 is 14.6 Å². The number of anilines is 1. The molecule has 1 aromatic rings. The molecule has 2 rings (SSSR count). The molecular weight excluding hydrogens is 230 g/mol. The molecule has 0 radical (unpaired) electrons. The lowest BCUT2D eigenvalue weighted by Crippen LogP contribution is -2.20. The molecule has 1 saturated carbocycles. The van der Waals surface area contributed by atoms with Crippen molar-refractivity contribution in [3.05, 3.63) is 5.82 Å². The molecule has 1 heterocycles. The number of hydrogen-bond donors (Lipinski definition) is 1. The highest BCUT2D eigenvalue weighted by Crippen LogP contribution is 2.35. The van der Waals surface area contributed by atoms with Crippen LogP contribution in [-0.2, 0) is 4.74 Å². The van der Waals surface area contributed by atoms with Crippen molar-refractivity contribution in [2.45, 2.75) is 52.1 Å². The summed E-state index contributed by atoms with van der Waals surface area (Å²) in [4.78, 5) is 4.38. The molecule has 0 aromatic carbocycles. The van der Waals surface area contributed by atoms with Crippen molar-refractivity contribution in [3.63, 3.8) is 0 Å². The largest absolute Gasteiger partial charge is 0.370 e. The first-order valence-electron chi connectivity index (χ1n) is 7.04. The van der Waals surface area contributed by atoms with Crippen LogP contribution >= 0.6 is 0 Å². The smallest absolute Gasteiger partial charge is 0.321 e. The summed E-state index contributed by atoms with van der Waals surface area (Å²) in [5, 5.41) is 7.09. The lowest BCUT2D eigenvalue weighted by atomic mass is 9.85. The van der Waals surface area contributed by atoms with Crippen LogP contribution < -0.4 is 5.32 Å². The van der Waals surface area contributed by atoms with Gasteiger partial charge in [-0.25, -0.2) is 0 Å². The topological polar surface area (TPSA) is 60.2 Å². The molecule has 1 fully saturated rings. The molecule has 0 spiro atoms. The Labute approximate surface area is 108 Å². The first-order chi connectivity index (χ1) is 8.85. The molecule has 0 aliphatic heterocycles. The van der Waals surface area contributed by atoms with Gasteiger partial charge in [0.05, 0.1) is 0 Å². The summed E-state index contributed by atoms with van der Waals surface area (Å²) in [7, 11) is 0. The maximum Gasteiger partial charge on any atom is 0.321 e. The van der Waals surface area contributed by atoms with Crippen LogP contribution in [0.5, 0.6) is 0 Å². The Hall–Kier alpha value is -1.10. The lowest BCUT2D eigenvalue weighted by Gasteiger charge is -2.27. The van der Waals surface area contributed by atoms with E-state index < -0.39 is 0 Å². The Morgan fingerprint density at radius 2 is 2.11 bits per heavy atom. The average molecular weight is 253 g/mol. The molecule has 0 bridgehead atoms. The average Bonchev–Trinajstić information content (AvgIpc) is 2.86. The fourth-order valence-corrected chi connectivity index (χ4v) is 2.61. The normalized spacial score (nSPS) is 18.8. The zero-order valence-corrected chi connectivity index (χ0v) is 11.3. The Kier molecular flexibility index (Phi) is 4.99. The fourth-order valence-electron chi connectivity index (χ4n) is 2.61. The van der Waals surface area contributed by atoms with E-state index >= 15 is 0 Å². The van der Waals surface area contributed by atoms with Crippen LogP contribution in [0.15, 0.2) is 4.52 Å². The third-order valence-electron chi connectivity index (χ3n) is 3.45. The van der Waals surface area contributed by atoms with Crippen molar-refractivity contribution < 1.29 is 9.26 Å². The predicted octanol–water partition coefficient (Wildman–Crippen LogP) is 3.16. The van der Waals surface area contributed by atoms with E-state index in [0.29, 0.717) is 24.4 Å². The van der Waals surface area contributed by atoms with Crippen molar-refractivity contribution in [2.24, 2.45) is 5.92 Å². The van der Waals surface area contributed by atoms with Gasteiger partial charge in [0.25, 0.3) is 0 Å². The predicted molar refractivity (Wildman–Crippen MR) is 69.4 cm³/mol. The number of nitrogens with one attached hydrogen (secondary N) is 1. The summed E-state index contributed by atoms with van der Waals surface area (Å²) < 4.78 is 11.0. The van der Waals surface area contributed by atoms with Crippen LogP contribution in [0.1, 0.15) is 57.9 Å². The summed E-state index contributed by atoms with van der Waals surface area (Å²) in [5.41, 5.74) is 0. The van der Waals surface area contributed by atoms with Crippen LogP contribution in [0.25, 0.3) is 0 Å². The molecule has 1 atom stereocenters. The first-order valence-corrected chi connectivity index (χ1v) is 7.04. The minimum Gasteiger partial charge on any atom is -0.370 e. The molecular formula is C13H23N3O2. The summed E-state index contributed by atoms with van der Waals surface area (Å²) in [5.74, 6) is 1.23. The molecule has 1 aromatic heterocycles. The van der Waals surface area contributed by atoms with Crippen molar-refractivity contribution in [3.8, 4) is 0 Å². The molecule has 0 saturated heterocycles. The molecule has 1 unspecified atom stereocenters. The number of aromatic nitrogens is 2. The van der Waals surface area contributed by atoms with Gasteiger partial charge in [-0.05, 0) is 32.6 Å². The summed E-state index contributed by atoms with van der Waals surface area (Å²) in [6, 6.07) is 0.494. The Morgan fingerprint density at radius 3 is 2.78 bits per heavy atom. The number of ether oxygens (including phenoxy) is 1. The lowest BCUT2D eigenvalue weighted by molar-refractivity contribution is -0.00145. The zero-order chi connectivity index (χ0) is 12.8. The van der Waals surface area contributed by atoms with Gasteiger partial charge in [-0.15, -0.1) is 0 Å². The zero-order valence-electron chi connectivity index (χ0n) is 11.3. The Morgan fingerprint density at radius 1 is 1.33 bits per heavy atom. The molecule has 1 N–H and O–H groups in total. The van der Waals surface area contributed by atoms with E-state index in [2.05, 4.69) is 15.5 Å². The van der Waals surface area contributed by atoms with E-state index in [0.717, 1.165) is 6.54 Å². The van der Waals surface area contributed by atoms with E-state index in [1.54, 1.807) is 0 Å². The van der Waals surface area contributed by atoms with Gasteiger partial charge >= 0.3 is 6.01 Å². The van der Waals surface area contributed by atoms with Gasteiger partial charge in [0.15, 0.2) is 0 Å². The van der Waals surface area contributed by atoms with Crippen molar-refractivity contribution in [1.82, 2.24) is 10.1 Å². The third-order valence-corrected chi connectivity index (χ3v) is 3.45. The summed E-state index contributed by atoms with van der Waals surface area (Å²) >= 11 is 0. The maximum atomic E-state index is 5.85. The second-order valence-corrected chi connectivity index (χ2v) is 4.76. The number of nitrogens with zero attached hydrogens (tertiary/aromatic N) is 2. The highest BCUT2D eigenvalue weighted by Gasteiger charge is 2.29. The van der Waals surface area contributed by atoms with Crippen LogP contribution in [0.4, 0.5) is 6.01 Å². The third kappa shape index (κ3) is 3.22. The SMILES string of the molecule is CCNc1nc(C(OCC)C2CCCCC2)no1. The van der Waals surface area contributed by atoms with Gasteiger partial charge in [0.2, 0.25) is 5.82 Å². The molecule has 18 heavy (non-hydrogen) atoms. The van der Waals surface area contributed by atoms with Crippen LogP contribution in [0.3, 0.4) is 0 Å². The minimum absolute atomic E-state index is 0.00791. The molecule has 0 amide bonds. The Balaban J connectivity index is 2.06. The number of rotatable bonds is 6. The second-order valence-electron chi connectivity index (χ2n) is 4.76. The molecule has 1 aliphatic rings. The Bertz CT molecular complexity index is 348. The minimum atomic E-state index is -0.00791. The van der Waals surface area contributed by atoms with Crippen molar-refractivity contribution in [1.29, 1.82) is 0 Å². The van der Waals surface area contributed by atoms with E-state index in [-0.39, 0.29) is 6.10 Å². The quantitative estimate of drug-likeness (QED) is 0.843. The van der Waals surface area contributed by atoms with Gasteiger partial charge in [0.1, 0.15) is 6.10 Å². The van der Waals surface area contributed by atoms with E-state index in [9.17, 15) is 0 Å². The second kappa shape index (κ2) is 6.73. The van der Waals surface area contributed by atoms with Crippen molar-refractivity contribution >= 4 is 6.01 Å². The summed E-state index contributed by atoms with van der Waals surface area (Å²) in [6.07, 6.45) is 6.31. The van der Waals surface area contributed by atoms with Crippen LogP contribution in [0.2, 0.25) is 0 Å². The van der Waals surface area contributed by atoms with Crippen LogP contribution in [-0.4, -0.2) is 23.3 Å². The van der Waals surface area contributed by atoms with Gasteiger partial charge in [0, 0.05) is 13.2 Å². The maximum absolute atomic E-state index is 5.85.